The Bertz CT molecular complexity index is 1010. The molecule has 2 aliphatic heterocycles. The molecule has 0 amide bonds. The second-order valence-electron chi connectivity index (χ2n) is 9.50. The topological polar surface area (TPSA) is 76.0 Å². The number of Topliss-reactive ketones (excluding diaryl/α,β-unsaturated/α-hetero) is 1. The predicted octanol–water partition coefficient (Wildman–Crippen LogP) is 5.81. The summed E-state index contributed by atoms with van der Waals surface area (Å²) in [4.78, 5) is 12.9. The van der Waals surface area contributed by atoms with Crippen LogP contribution in [0.25, 0.3) is 0 Å². The maximum absolute atomic E-state index is 12.9. The Morgan fingerprint density at radius 2 is 1.85 bits per heavy atom. The maximum atomic E-state index is 12.9. The summed E-state index contributed by atoms with van der Waals surface area (Å²) >= 11 is 6.50. The first-order valence-corrected chi connectivity index (χ1v) is 12.9. The van der Waals surface area contributed by atoms with Crippen LogP contribution in [-0.4, -0.2) is 40.4 Å². The Labute approximate surface area is 207 Å². The summed E-state index contributed by atoms with van der Waals surface area (Å²) < 4.78 is 12.3. The Hall–Kier alpha value is -1.92. The van der Waals surface area contributed by atoms with Crippen LogP contribution in [-0.2, 0) is 11.2 Å². The third-order valence-electron chi connectivity index (χ3n) is 7.09. The number of ketones is 1. The van der Waals surface area contributed by atoms with Gasteiger partial charge in [0, 0.05) is 17.9 Å². The Morgan fingerprint density at radius 1 is 1.09 bits per heavy atom. The van der Waals surface area contributed by atoms with Crippen molar-refractivity contribution >= 4 is 17.4 Å². The van der Waals surface area contributed by atoms with Gasteiger partial charge in [-0.05, 0) is 67.0 Å². The van der Waals surface area contributed by atoms with E-state index >= 15 is 0 Å². The van der Waals surface area contributed by atoms with Crippen LogP contribution in [0.15, 0.2) is 36.4 Å². The smallest absolute Gasteiger partial charge is 0.170 e. The van der Waals surface area contributed by atoms with Crippen molar-refractivity contribution in [2.24, 2.45) is 0 Å². The van der Waals surface area contributed by atoms with Gasteiger partial charge in [0.2, 0.25) is 0 Å². The summed E-state index contributed by atoms with van der Waals surface area (Å²) in [6, 6.07) is 11.6. The molecule has 2 heterocycles. The lowest BCUT2D eigenvalue weighted by Gasteiger charge is -2.34. The minimum atomic E-state index is -0.500. The van der Waals surface area contributed by atoms with Crippen molar-refractivity contribution in [3.63, 3.8) is 0 Å². The standard InChI is InChI=1S/C26H29ClO5.C2H6/c27-22-5-4-17(25-13-19(29)12-20(15-28)31-25)11-18(22)9-16-3-6-24-21(10-16)23(30)14-26(32-24)7-1-2-8-26;1-2/h3-6,10-11,19-20,25,28-29H,1-2,7-9,12-15H2;1-2H3. The first-order valence-electron chi connectivity index (χ1n) is 12.5. The average Bonchev–Trinajstić information content (AvgIpc) is 3.29. The fourth-order valence-electron chi connectivity index (χ4n) is 5.42. The molecule has 2 fully saturated rings. The van der Waals surface area contributed by atoms with E-state index in [0.717, 1.165) is 42.4 Å². The van der Waals surface area contributed by atoms with Gasteiger partial charge in [-0.2, -0.15) is 0 Å². The van der Waals surface area contributed by atoms with Crippen molar-refractivity contribution in [3.05, 3.63) is 63.7 Å². The van der Waals surface area contributed by atoms with E-state index in [0.29, 0.717) is 42.0 Å². The molecule has 2 N–H and O–H groups in total. The van der Waals surface area contributed by atoms with Gasteiger partial charge in [-0.15, -0.1) is 0 Å². The van der Waals surface area contributed by atoms with Crippen LogP contribution in [0.1, 0.15) is 91.9 Å². The molecule has 0 radical (unpaired) electrons. The third kappa shape index (κ3) is 5.33. The first-order chi connectivity index (χ1) is 16.4. The van der Waals surface area contributed by atoms with E-state index in [4.69, 9.17) is 21.1 Å². The minimum Gasteiger partial charge on any atom is -0.486 e. The zero-order valence-corrected chi connectivity index (χ0v) is 20.8. The van der Waals surface area contributed by atoms with Crippen molar-refractivity contribution in [2.45, 2.75) is 89.1 Å². The van der Waals surface area contributed by atoms with Crippen LogP contribution in [0.5, 0.6) is 5.75 Å². The van der Waals surface area contributed by atoms with Gasteiger partial charge in [0.15, 0.2) is 5.78 Å². The fraction of sp³-hybridized carbons (Fsp3) is 0.536. The molecule has 1 spiro atoms. The number of hydrogen-bond donors (Lipinski definition) is 2. The number of hydrogen-bond acceptors (Lipinski definition) is 5. The number of carbonyl (C=O) groups is 1. The van der Waals surface area contributed by atoms with Gasteiger partial charge in [-0.1, -0.05) is 43.6 Å². The van der Waals surface area contributed by atoms with Gasteiger partial charge < -0.3 is 19.7 Å². The molecule has 34 heavy (non-hydrogen) atoms. The number of rotatable bonds is 4. The summed E-state index contributed by atoms with van der Waals surface area (Å²) in [5, 5.41) is 20.3. The summed E-state index contributed by atoms with van der Waals surface area (Å²) in [6.45, 7) is 3.89. The van der Waals surface area contributed by atoms with Crippen LogP contribution in [0, 0.1) is 0 Å². The van der Waals surface area contributed by atoms with Crippen molar-refractivity contribution in [1.82, 2.24) is 0 Å². The lowest BCUT2D eigenvalue weighted by molar-refractivity contribution is -0.113. The highest BCUT2D eigenvalue weighted by atomic mass is 35.5. The molecule has 5 nitrogen and oxygen atoms in total. The van der Waals surface area contributed by atoms with Crippen molar-refractivity contribution in [2.75, 3.05) is 6.61 Å². The van der Waals surface area contributed by atoms with Crippen LogP contribution in [0.3, 0.4) is 0 Å². The van der Waals surface area contributed by atoms with E-state index in [2.05, 4.69) is 0 Å². The second kappa shape index (κ2) is 10.8. The highest BCUT2D eigenvalue weighted by molar-refractivity contribution is 6.31. The van der Waals surface area contributed by atoms with Gasteiger partial charge in [-0.3, -0.25) is 4.79 Å². The Balaban J connectivity index is 0.00000133. The molecule has 1 saturated carbocycles. The van der Waals surface area contributed by atoms with Gasteiger partial charge >= 0.3 is 0 Å². The number of ether oxygens (including phenoxy) is 2. The minimum absolute atomic E-state index is 0.111. The van der Waals surface area contributed by atoms with Gasteiger partial charge in [-0.25, -0.2) is 0 Å². The highest BCUT2D eigenvalue weighted by Gasteiger charge is 2.42. The Kier molecular flexibility index (Phi) is 7.98. The van der Waals surface area contributed by atoms with E-state index in [9.17, 15) is 15.0 Å². The number of aliphatic hydroxyl groups is 2. The molecule has 1 saturated heterocycles. The SMILES string of the molecule is CC.O=C1CC2(CCCC2)Oc2ccc(Cc3cc(C4CC(O)CC(CO)O4)ccc3Cl)cc21. The molecule has 3 unspecified atom stereocenters. The van der Waals surface area contributed by atoms with Crippen molar-refractivity contribution < 1.29 is 24.5 Å². The maximum Gasteiger partial charge on any atom is 0.170 e. The van der Waals surface area contributed by atoms with E-state index in [1.807, 2.05) is 50.2 Å². The van der Waals surface area contributed by atoms with Gasteiger partial charge in [0.05, 0.1) is 36.9 Å². The lowest BCUT2D eigenvalue weighted by atomic mass is 9.87. The molecular weight excluding hydrogens is 452 g/mol. The lowest BCUT2D eigenvalue weighted by Crippen LogP contribution is -2.39. The highest BCUT2D eigenvalue weighted by Crippen LogP contribution is 2.43. The van der Waals surface area contributed by atoms with E-state index in [1.54, 1.807) is 0 Å². The third-order valence-corrected chi connectivity index (χ3v) is 7.45. The van der Waals surface area contributed by atoms with Gasteiger partial charge in [0.25, 0.3) is 0 Å². The molecular formula is C28H35ClO5. The number of benzene rings is 2. The molecule has 6 heteroatoms. The molecule has 0 bridgehead atoms. The average molecular weight is 487 g/mol. The predicted molar refractivity (Wildman–Crippen MR) is 133 cm³/mol. The van der Waals surface area contributed by atoms with E-state index in [1.165, 1.54) is 0 Å². The van der Waals surface area contributed by atoms with Gasteiger partial charge in [0.1, 0.15) is 11.4 Å². The first kappa shape index (κ1) is 25.2. The molecule has 184 valence electrons. The monoisotopic (exact) mass is 486 g/mol. The number of aliphatic hydroxyl groups excluding tert-OH is 2. The van der Waals surface area contributed by atoms with E-state index in [-0.39, 0.29) is 30.2 Å². The molecule has 3 aliphatic rings. The largest absolute Gasteiger partial charge is 0.486 e. The van der Waals surface area contributed by atoms with Crippen molar-refractivity contribution in [3.8, 4) is 5.75 Å². The summed E-state index contributed by atoms with van der Waals surface area (Å²) in [7, 11) is 0. The molecule has 5 rings (SSSR count). The van der Waals surface area contributed by atoms with Crippen LogP contribution in [0.2, 0.25) is 5.02 Å². The number of halogens is 1. The van der Waals surface area contributed by atoms with E-state index < -0.39 is 6.10 Å². The number of carbonyl (C=O) groups excluding carboxylic acids is 1. The quantitative estimate of drug-likeness (QED) is 0.570. The molecule has 2 aromatic rings. The second-order valence-corrected chi connectivity index (χ2v) is 9.91. The van der Waals surface area contributed by atoms with Crippen molar-refractivity contribution in [1.29, 1.82) is 0 Å². The normalized spacial score (nSPS) is 25.3. The van der Waals surface area contributed by atoms with Crippen LogP contribution < -0.4 is 4.74 Å². The molecule has 3 atom stereocenters. The summed E-state index contributed by atoms with van der Waals surface area (Å²) in [5.41, 5.74) is 3.24. The fourth-order valence-corrected chi connectivity index (χ4v) is 5.61. The zero-order chi connectivity index (χ0) is 24.3. The number of fused-ring (bicyclic) bond motifs is 1. The summed E-state index contributed by atoms with van der Waals surface area (Å²) in [6.07, 6.45) is 4.99. The summed E-state index contributed by atoms with van der Waals surface area (Å²) in [5.74, 6) is 0.862. The molecule has 0 aromatic heterocycles. The zero-order valence-electron chi connectivity index (χ0n) is 20.1. The Morgan fingerprint density at radius 3 is 2.59 bits per heavy atom. The molecule has 1 aliphatic carbocycles. The van der Waals surface area contributed by atoms with Crippen LogP contribution >= 0.6 is 11.6 Å². The van der Waals surface area contributed by atoms with Crippen LogP contribution in [0.4, 0.5) is 0 Å². The molecule has 2 aromatic carbocycles.